The highest BCUT2D eigenvalue weighted by Crippen LogP contribution is 2.32. The number of aromatic nitrogens is 1. The molecule has 0 bridgehead atoms. The Hall–Kier alpha value is -0.990. The van der Waals surface area contributed by atoms with E-state index >= 15 is 0 Å². The second-order valence-electron chi connectivity index (χ2n) is 3.85. The Morgan fingerprint density at radius 3 is 2.59 bits per heavy atom. The molecule has 2 aromatic rings. The maximum Gasteiger partial charge on any atom is 0.139 e. The molecular weight excluding hydrogens is 257 g/mol. The number of halogens is 2. The second kappa shape index (κ2) is 5.11. The highest BCUT2D eigenvalue weighted by Gasteiger charge is 2.08. The lowest BCUT2D eigenvalue weighted by Crippen LogP contribution is -1.92. The molecule has 0 N–H and O–H groups in total. The SMILES string of the molecule is CCCc1cc(Cl)c2cc(Cl)c(OC)cc2n1. The van der Waals surface area contributed by atoms with Crippen LogP contribution in [0.3, 0.4) is 0 Å². The quantitative estimate of drug-likeness (QED) is 0.819. The lowest BCUT2D eigenvalue weighted by molar-refractivity contribution is 0.415. The van der Waals surface area contributed by atoms with Gasteiger partial charge in [-0.05, 0) is 18.6 Å². The summed E-state index contributed by atoms with van der Waals surface area (Å²) in [6.07, 6.45) is 1.96. The van der Waals surface area contributed by atoms with Crippen molar-refractivity contribution in [3.05, 3.63) is 33.9 Å². The van der Waals surface area contributed by atoms with E-state index in [1.807, 2.05) is 12.1 Å². The van der Waals surface area contributed by atoms with Crippen molar-refractivity contribution in [1.29, 1.82) is 0 Å². The third-order valence-corrected chi connectivity index (χ3v) is 3.20. The van der Waals surface area contributed by atoms with Gasteiger partial charge in [-0.25, -0.2) is 0 Å². The fourth-order valence-corrected chi connectivity index (χ4v) is 2.30. The first-order valence-electron chi connectivity index (χ1n) is 5.48. The van der Waals surface area contributed by atoms with Gasteiger partial charge in [-0.3, -0.25) is 4.98 Å². The van der Waals surface area contributed by atoms with E-state index in [-0.39, 0.29) is 0 Å². The Morgan fingerprint density at radius 1 is 1.18 bits per heavy atom. The number of hydrogen-bond acceptors (Lipinski definition) is 2. The number of ether oxygens (including phenoxy) is 1. The number of hydrogen-bond donors (Lipinski definition) is 0. The zero-order chi connectivity index (χ0) is 12.4. The number of fused-ring (bicyclic) bond motifs is 1. The van der Waals surface area contributed by atoms with Crippen LogP contribution < -0.4 is 4.74 Å². The van der Waals surface area contributed by atoms with Gasteiger partial charge in [0.2, 0.25) is 0 Å². The van der Waals surface area contributed by atoms with Crippen molar-refractivity contribution in [1.82, 2.24) is 4.98 Å². The van der Waals surface area contributed by atoms with Crippen molar-refractivity contribution in [2.24, 2.45) is 0 Å². The third kappa shape index (κ3) is 2.48. The molecule has 0 spiro atoms. The number of nitrogens with zero attached hydrogens (tertiary/aromatic N) is 1. The van der Waals surface area contributed by atoms with E-state index in [0.29, 0.717) is 15.8 Å². The maximum absolute atomic E-state index is 6.23. The number of methoxy groups -OCH3 is 1. The summed E-state index contributed by atoms with van der Waals surface area (Å²) in [4.78, 5) is 4.55. The molecule has 0 unspecified atom stereocenters. The molecule has 90 valence electrons. The predicted molar refractivity (Wildman–Crippen MR) is 72.3 cm³/mol. The van der Waals surface area contributed by atoms with Crippen LogP contribution in [0.4, 0.5) is 0 Å². The molecule has 1 aromatic carbocycles. The molecule has 0 saturated heterocycles. The molecule has 1 heterocycles. The molecular formula is C13H13Cl2NO. The predicted octanol–water partition coefficient (Wildman–Crippen LogP) is 4.50. The molecule has 0 aliphatic rings. The van der Waals surface area contributed by atoms with Gasteiger partial charge in [-0.1, -0.05) is 36.5 Å². The smallest absolute Gasteiger partial charge is 0.139 e. The summed E-state index contributed by atoms with van der Waals surface area (Å²) < 4.78 is 5.18. The van der Waals surface area contributed by atoms with Gasteiger partial charge in [-0.2, -0.15) is 0 Å². The van der Waals surface area contributed by atoms with Crippen LogP contribution in [0, 0.1) is 0 Å². The van der Waals surface area contributed by atoms with E-state index in [1.165, 1.54) is 0 Å². The molecule has 0 fully saturated rings. The average molecular weight is 270 g/mol. The fourth-order valence-electron chi connectivity index (χ4n) is 1.78. The topological polar surface area (TPSA) is 22.1 Å². The van der Waals surface area contributed by atoms with Gasteiger partial charge in [0.1, 0.15) is 5.75 Å². The van der Waals surface area contributed by atoms with E-state index in [2.05, 4.69) is 11.9 Å². The molecule has 17 heavy (non-hydrogen) atoms. The Morgan fingerprint density at radius 2 is 1.94 bits per heavy atom. The van der Waals surface area contributed by atoms with Crippen LogP contribution in [-0.4, -0.2) is 12.1 Å². The molecule has 0 radical (unpaired) electrons. The van der Waals surface area contributed by atoms with Gasteiger partial charge in [0.25, 0.3) is 0 Å². The molecule has 0 aliphatic carbocycles. The number of rotatable bonds is 3. The molecule has 4 heteroatoms. The van der Waals surface area contributed by atoms with Gasteiger partial charge in [0.15, 0.2) is 0 Å². The molecule has 2 rings (SSSR count). The minimum Gasteiger partial charge on any atom is -0.495 e. The van der Waals surface area contributed by atoms with Crippen LogP contribution in [-0.2, 0) is 6.42 Å². The first-order valence-corrected chi connectivity index (χ1v) is 6.24. The summed E-state index contributed by atoms with van der Waals surface area (Å²) in [7, 11) is 1.59. The van der Waals surface area contributed by atoms with Crippen LogP contribution in [0.5, 0.6) is 5.75 Å². The van der Waals surface area contributed by atoms with E-state index < -0.39 is 0 Å². The Balaban J connectivity index is 2.65. The summed E-state index contributed by atoms with van der Waals surface area (Å²) in [5.41, 5.74) is 1.82. The summed E-state index contributed by atoms with van der Waals surface area (Å²) in [5, 5.41) is 2.09. The highest BCUT2D eigenvalue weighted by atomic mass is 35.5. The number of pyridine rings is 1. The number of aryl methyl sites for hydroxylation is 1. The van der Waals surface area contributed by atoms with Crippen LogP contribution >= 0.6 is 23.2 Å². The standard InChI is InChI=1S/C13H13Cl2NO/c1-3-4-8-5-10(14)9-6-11(15)13(17-2)7-12(9)16-8/h5-7H,3-4H2,1-2H3. The highest BCUT2D eigenvalue weighted by molar-refractivity contribution is 6.37. The van der Waals surface area contributed by atoms with Crippen LogP contribution in [0.25, 0.3) is 10.9 Å². The largest absolute Gasteiger partial charge is 0.495 e. The molecule has 1 aromatic heterocycles. The molecule has 2 nitrogen and oxygen atoms in total. The normalized spacial score (nSPS) is 10.8. The maximum atomic E-state index is 6.23. The third-order valence-electron chi connectivity index (χ3n) is 2.59. The minimum atomic E-state index is 0.548. The van der Waals surface area contributed by atoms with Gasteiger partial charge >= 0.3 is 0 Å². The Labute approximate surface area is 111 Å². The van der Waals surface area contributed by atoms with Crippen LogP contribution in [0.2, 0.25) is 10.0 Å². The van der Waals surface area contributed by atoms with Gasteiger partial charge in [0.05, 0.1) is 22.7 Å². The first kappa shape index (κ1) is 12.5. The number of benzene rings is 1. The average Bonchev–Trinajstić information content (AvgIpc) is 2.30. The van der Waals surface area contributed by atoms with E-state index in [0.717, 1.165) is 29.4 Å². The lowest BCUT2D eigenvalue weighted by atomic mass is 10.1. The molecule has 0 atom stereocenters. The summed E-state index contributed by atoms with van der Waals surface area (Å²) in [6.45, 7) is 2.11. The van der Waals surface area contributed by atoms with Crippen molar-refractivity contribution in [3.8, 4) is 5.75 Å². The lowest BCUT2D eigenvalue weighted by Gasteiger charge is -2.08. The van der Waals surface area contributed by atoms with Crippen LogP contribution in [0.1, 0.15) is 19.0 Å². The van der Waals surface area contributed by atoms with Crippen molar-refractivity contribution in [3.63, 3.8) is 0 Å². The summed E-state index contributed by atoms with van der Waals surface area (Å²) >= 11 is 12.3. The first-order chi connectivity index (χ1) is 8.15. The van der Waals surface area contributed by atoms with E-state index in [1.54, 1.807) is 13.2 Å². The van der Waals surface area contributed by atoms with Crippen molar-refractivity contribution >= 4 is 34.1 Å². The zero-order valence-corrected chi connectivity index (χ0v) is 11.3. The fraction of sp³-hybridized carbons (Fsp3) is 0.308. The Kier molecular flexibility index (Phi) is 3.75. The van der Waals surface area contributed by atoms with Gasteiger partial charge in [-0.15, -0.1) is 0 Å². The summed E-state index contributed by atoms with van der Waals surface area (Å²) in [6, 6.07) is 5.51. The molecule has 0 amide bonds. The van der Waals surface area contributed by atoms with Crippen LogP contribution in [0.15, 0.2) is 18.2 Å². The molecule has 0 aliphatic heterocycles. The van der Waals surface area contributed by atoms with E-state index in [9.17, 15) is 0 Å². The van der Waals surface area contributed by atoms with Gasteiger partial charge in [0, 0.05) is 17.1 Å². The zero-order valence-electron chi connectivity index (χ0n) is 9.76. The monoisotopic (exact) mass is 269 g/mol. The minimum absolute atomic E-state index is 0.548. The van der Waals surface area contributed by atoms with Crippen molar-refractivity contribution in [2.45, 2.75) is 19.8 Å². The second-order valence-corrected chi connectivity index (χ2v) is 4.66. The van der Waals surface area contributed by atoms with Crippen molar-refractivity contribution < 1.29 is 4.74 Å². The van der Waals surface area contributed by atoms with Gasteiger partial charge < -0.3 is 4.74 Å². The summed E-state index contributed by atoms with van der Waals surface area (Å²) in [5.74, 6) is 0.622. The Bertz CT molecular complexity index is 555. The molecule has 0 saturated carbocycles. The van der Waals surface area contributed by atoms with Crippen molar-refractivity contribution in [2.75, 3.05) is 7.11 Å². The van der Waals surface area contributed by atoms with E-state index in [4.69, 9.17) is 27.9 Å².